The molecular weight excluding hydrogens is 561 g/mol. The Kier molecular flexibility index (Phi) is 7.52. The molecule has 4 unspecified atom stereocenters. The fourth-order valence-corrected chi connectivity index (χ4v) is 4.64. The molecule has 0 saturated carbocycles. The van der Waals surface area contributed by atoms with Crippen molar-refractivity contribution in [3.05, 3.63) is 61.8 Å². The van der Waals surface area contributed by atoms with E-state index in [0.717, 1.165) is 5.56 Å². The summed E-state index contributed by atoms with van der Waals surface area (Å²) in [6, 6.07) is 9.21. The third kappa shape index (κ3) is 5.16. The lowest BCUT2D eigenvalue weighted by Crippen LogP contribution is -2.38. The van der Waals surface area contributed by atoms with Gasteiger partial charge in [-0.2, -0.15) is 0 Å². The number of aromatic nitrogens is 2. The molecule has 1 aliphatic heterocycles. The monoisotopic (exact) mass is 577 g/mol. The van der Waals surface area contributed by atoms with Gasteiger partial charge in [0, 0.05) is 5.02 Å². The number of aliphatic hydroxyl groups is 2. The van der Waals surface area contributed by atoms with E-state index in [1.165, 1.54) is 0 Å². The normalized spacial score (nSPS) is 23.7. The lowest BCUT2D eigenvalue weighted by Gasteiger charge is -2.18. The lowest BCUT2D eigenvalue weighted by molar-refractivity contribution is -0.151. The second kappa shape index (κ2) is 10.1. The maximum absolute atomic E-state index is 12.3. The van der Waals surface area contributed by atoms with Gasteiger partial charge in [-0.3, -0.25) is 9.36 Å². The third-order valence-corrected chi connectivity index (χ3v) is 6.88. The van der Waals surface area contributed by atoms with Crippen molar-refractivity contribution in [2.45, 2.75) is 37.0 Å². The average molecular weight is 580 g/mol. The van der Waals surface area contributed by atoms with Crippen LogP contribution in [0.5, 0.6) is 0 Å². The number of benzene rings is 2. The van der Waals surface area contributed by atoms with Gasteiger partial charge in [-0.1, -0.05) is 46.9 Å². The predicted molar refractivity (Wildman–Crippen MR) is 127 cm³/mol. The smallest absolute Gasteiger partial charge is 0.323 e. The number of halogens is 4. The van der Waals surface area contributed by atoms with Gasteiger partial charge in [0.15, 0.2) is 11.0 Å². The summed E-state index contributed by atoms with van der Waals surface area (Å²) in [5, 5.41) is 22.3. The second-order valence-electron chi connectivity index (χ2n) is 7.62. The van der Waals surface area contributed by atoms with Crippen LogP contribution in [0.3, 0.4) is 0 Å². The van der Waals surface area contributed by atoms with Crippen molar-refractivity contribution in [3.63, 3.8) is 0 Å². The molecule has 1 saturated heterocycles. The molecular formula is C21H19BrCl3N3O5. The molecule has 5 atom stereocenters. The third-order valence-electron chi connectivity index (χ3n) is 5.34. The van der Waals surface area contributed by atoms with Crippen LogP contribution in [0.4, 0.5) is 0 Å². The quantitative estimate of drug-likeness (QED) is 0.383. The highest BCUT2D eigenvalue weighted by Gasteiger charge is 2.45. The number of aliphatic hydroxyl groups excluding tert-OH is 2. The number of nitrogens with zero attached hydrogens (tertiary/aromatic N) is 2. The van der Waals surface area contributed by atoms with E-state index in [1.54, 1.807) is 41.0 Å². The molecule has 1 aliphatic rings. The van der Waals surface area contributed by atoms with Gasteiger partial charge < -0.3 is 25.4 Å². The van der Waals surface area contributed by atoms with E-state index in [1.807, 2.05) is 0 Å². The summed E-state index contributed by atoms with van der Waals surface area (Å²) in [4.78, 5) is 16.7. The van der Waals surface area contributed by atoms with Crippen molar-refractivity contribution in [1.82, 2.24) is 9.55 Å². The molecule has 33 heavy (non-hydrogen) atoms. The summed E-state index contributed by atoms with van der Waals surface area (Å²) in [5.41, 5.74) is 7.83. The summed E-state index contributed by atoms with van der Waals surface area (Å²) >= 11 is 21.4. The Labute approximate surface area is 212 Å². The Morgan fingerprint density at radius 1 is 1.18 bits per heavy atom. The van der Waals surface area contributed by atoms with E-state index in [-0.39, 0.29) is 13.0 Å². The first-order valence-corrected chi connectivity index (χ1v) is 11.8. The maximum Gasteiger partial charge on any atom is 0.323 e. The minimum absolute atomic E-state index is 0.257. The van der Waals surface area contributed by atoms with Crippen LogP contribution in [-0.2, 0) is 20.7 Å². The molecule has 0 amide bonds. The molecule has 0 spiro atoms. The fourth-order valence-electron chi connectivity index (χ4n) is 3.61. The molecule has 0 radical (unpaired) electrons. The zero-order valence-corrected chi connectivity index (χ0v) is 20.7. The number of nitrogens with two attached hydrogens (primary N) is 1. The molecule has 4 N–H and O–H groups in total. The van der Waals surface area contributed by atoms with Gasteiger partial charge in [0.1, 0.15) is 31.0 Å². The highest BCUT2D eigenvalue weighted by molar-refractivity contribution is 9.10. The number of ether oxygens (including phenoxy) is 2. The first kappa shape index (κ1) is 24.7. The molecule has 0 bridgehead atoms. The number of hydrogen-bond donors (Lipinski definition) is 3. The number of fused-ring (bicyclic) bond motifs is 1. The van der Waals surface area contributed by atoms with Gasteiger partial charge in [-0.15, -0.1) is 0 Å². The second-order valence-corrected chi connectivity index (χ2v) is 9.58. The molecule has 8 nitrogen and oxygen atoms in total. The van der Waals surface area contributed by atoms with E-state index < -0.39 is 36.6 Å². The number of rotatable bonds is 6. The minimum Gasteiger partial charge on any atom is -0.462 e. The fraction of sp³-hybridized carbons (Fsp3) is 0.333. The van der Waals surface area contributed by atoms with Crippen molar-refractivity contribution in [3.8, 4) is 0 Å². The number of carbonyl (C=O) groups is 1. The molecule has 2 aromatic carbocycles. The first-order valence-electron chi connectivity index (χ1n) is 9.86. The number of carbonyl (C=O) groups excluding carboxylic acids is 1. The zero-order chi connectivity index (χ0) is 23.9. The zero-order valence-electron chi connectivity index (χ0n) is 16.9. The topological polar surface area (TPSA) is 120 Å². The standard InChI is InChI=1S/C21H19BrCl3N3O5/c22-21-27-14-6-11(24)12(25)7-15(14)28(21)19-18(30)17(29)16(33-19)8-32-20(31)13(26)5-9-1-3-10(23)4-2-9/h1-4,6-7,13,16-19,29-30H,5,8,26H2/t13-,16?,17?,18?,19?/m0/s1. The summed E-state index contributed by atoms with van der Waals surface area (Å²) in [7, 11) is 0. The molecule has 1 aromatic heterocycles. The van der Waals surface area contributed by atoms with Gasteiger partial charge in [0.2, 0.25) is 0 Å². The van der Waals surface area contributed by atoms with Crippen LogP contribution in [0.15, 0.2) is 41.1 Å². The van der Waals surface area contributed by atoms with E-state index in [9.17, 15) is 15.0 Å². The predicted octanol–water partition coefficient (Wildman–Crippen LogP) is 3.49. The average Bonchev–Trinajstić information content (AvgIpc) is 3.23. The summed E-state index contributed by atoms with van der Waals surface area (Å²) in [5.74, 6) is -0.658. The molecule has 1 fully saturated rings. The van der Waals surface area contributed by atoms with Crippen LogP contribution >= 0.6 is 50.7 Å². The summed E-state index contributed by atoms with van der Waals surface area (Å²) in [6.45, 7) is -0.293. The van der Waals surface area contributed by atoms with Gasteiger partial charge in [0.05, 0.1) is 21.1 Å². The van der Waals surface area contributed by atoms with Gasteiger partial charge >= 0.3 is 5.97 Å². The van der Waals surface area contributed by atoms with E-state index in [2.05, 4.69) is 20.9 Å². The Hall–Kier alpha value is -1.43. The summed E-state index contributed by atoms with van der Waals surface area (Å²) < 4.78 is 13.0. The van der Waals surface area contributed by atoms with Crippen molar-refractivity contribution in [2.75, 3.05) is 6.61 Å². The highest BCUT2D eigenvalue weighted by atomic mass is 79.9. The Morgan fingerprint density at radius 3 is 2.55 bits per heavy atom. The van der Waals surface area contributed by atoms with Crippen LogP contribution in [0, 0.1) is 0 Å². The van der Waals surface area contributed by atoms with E-state index in [4.69, 9.17) is 50.0 Å². The van der Waals surface area contributed by atoms with Crippen LogP contribution in [0.1, 0.15) is 11.8 Å². The van der Waals surface area contributed by atoms with Crippen LogP contribution in [0.2, 0.25) is 15.1 Å². The van der Waals surface area contributed by atoms with Crippen LogP contribution in [-0.4, -0.2) is 56.7 Å². The largest absolute Gasteiger partial charge is 0.462 e. The maximum atomic E-state index is 12.3. The van der Waals surface area contributed by atoms with Gasteiger partial charge in [-0.05, 0) is 52.2 Å². The van der Waals surface area contributed by atoms with Crippen LogP contribution in [0.25, 0.3) is 11.0 Å². The molecule has 4 rings (SSSR count). The molecule has 3 aromatic rings. The first-order chi connectivity index (χ1) is 15.7. The van der Waals surface area contributed by atoms with Crippen molar-refractivity contribution >= 4 is 67.7 Å². The lowest BCUT2D eigenvalue weighted by atomic mass is 10.1. The van der Waals surface area contributed by atoms with Crippen LogP contribution < -0.4 is 5.73 Å². The number of hydrogen-bond acceptors (Lipinski definition) is 7. The molecule has 2 heterocycles. The SMILES string of the molecule is N[C@@H](Cc1ccc(Cl)cc1)C(=O)OCC1OC(n2c(Br)nc3cc(Cl)c(Cl)cc32)C(O)C1O. The Balaban J connectivity index is 1.43. The van der Waals surface area contributed by atoms with Crippen molar-refractivity contribution in [2.24, 2.45) is 5.73 Å². The molecule has 176 valence electrons. The van der Waals surface area contributed by atoms with Crippen molar-refractivity contribution in [1.29, 1.82) is 0 Å². The van der Waals surface area contributed by atoms with E-state index >= 15 is 0 Å². The van der Waals surface area contributed by atoms with Gasteiger partial charge in [-0.25, -0.2) is 4.98 Å². The van der Waals surface area contributed by atoms with Crippen molar-refractivity contribution < 1.29 is 24.5 Å². The molecule has 0 aliphatic carbocycles. The van der Waals surface area contributed by atoms with E-state index in [0.29, 0.717) is 30.8 Å². The Bertz CT molecular complexity index is 1180. The van der Waals surface area contributed by atoms with Gasteiger partial charge in [0.25, 0.3) is 0 Å². The summed E-state index contributed by atoms with van der Waals surface area (Å²) in [6.07, 6.45) is -4.37. The number of imidazole rings is 1. The Morgan fingerprint density at radius 2 is 1.85 bits per heavy atom. The molecule has 12 heteroatoms. The minimum atomic E-state index is -1.32. The highest BCUT2D eigenvalue weighted by Crippen LogP contribution is 2.37. The number of esters is 1.